The second-order valence-corrected chi connectivity index (χ2v) is 4.44. The first kappa shape index (κ1) is 11.5. The molecule has 0 N–H and O–H groups in total. The number of allylic oxidation sites excluding steroid dienone is 4. The minimum absolute atomic E-state index is 0.0208. The smallest absolute Gasteiger partial charge is 0.221 e. The maximum absolute atomic E-state index is 14.4. The zero-order chi connectivity index (χ0) is 11.8. The molecule has 0 spiro atoms. The molecule has 2 atom stereocenters. The fourth-order valence-corrected chi connectivity index (χ4v) is 2.07. The van der Waals surface area contributed by atoms with Crippen molar-refractivity contribution in [3.8, 4) is 0 Å². The van der Waals surface area contributed by atoms with E-state index in [1.165, 1.54) is 12.1 Å². The third-order valence-corrected chi connectivity index (χ3v) is 2.98. The molecule has 1 aromatic rings. The highest BCUT2D eigenvalue weighted by Crippen LogP contribution is 2.44. The average molecular weight is 289 g/mol. The number of benzene rings is 1. The Morgan fingerprint density at radius 2 is 1.81 bits per heavy atom. The lowest BCUT2D eigenvalue weighted by atomic mass is 9.86. The van der Waals surface area contributed by atoms with Crippen LogP contribution in [-0.2, 0) is 5.67 Å². The Morgan fingerprint density at radius 1 is 1.19 bits per heavy atom. The summed E-state index contributed by atoms with van der Waals surface area (Å²) in [6.07, 6.45) is -0.0756. The molecule has 0 bridgehead atoms. The van der Waals surface area contributed by atoms with Crippen molar-refractivity contribution < 1.29 is 13.2 Å². The first-order valence-electron chi connectivity index (χ1n) is 4.68. The molecule has 0 saturated carbocycles. The maximum Gasteiger partial charge on any atom is 0.221 e. The van der Waals surface area contributed by atoms with Gasteiger partial charge in [-0.1, -0.05) is 46.3 Å². The molecule has 0 fully saturated rings. The van der Waals surface area contributed by atoms with Gasteiger partial charge in [0.25, 0.3) is 0 Å². The van der Waals surface area contributed by atoms with Gasteiger partial charge in [0.05, 0.1) is 0 Å². The van der Waals surface area contributed by atoms with Gasteiger partial charge in [0, 0.05) is 4.48 Å². The van der Waals surface area contributed by atoms with E-state index in [1.54, 1.807) is 18.2 Å². The molecule has 1 aliphatic rings. The van der Waals surface area contributed by atoms with Crippen molar-refractivity contribution in [1.29, 1.82) is 0 Å². The molecule has 1 aromatic carbocycles. The van der Waals surface area contributed by atoms with E-state index < -0.39 is 17.7 Å². The van der Waals surface area contributed by atoms with Gasteiger partial charge in [0.15, 0.2) is 6.17 Å². The van der Waals surface area contributed by atoms with Crippen LogP contribution in [0, 0.1) is 0 Å². The number of hydrogen-bond acceptors (Lipinski definition) is 0. The quantitative estimate of drug-likeness (QED) is 0.721. The molecule has 0 aliphatic heterocycles. The van der Waals surface area contributed by atoms with Crippen LogP contribution in [0.3, 0.4) is 0 Å². The zero-order valence-corrected chi connectivity index (χ0v) is 9.72. The summed E-state index contributed by atoms with van der Waals surface area (Å²) < 4.78 is 41.8. The molecule has 2 unspecified atom stereocenters. The van der Waals surface area contributed by atoms with E-state index in [1.807, 2.05) is 0 Å². The van der Waals surface area contributed by atoms with Gasteiger partial charge in [0.1, 0.15) is 5.83 Å². The molecule has 2 rings (SSSR count). The number of alkyl halides is 2. The summed E-state index contributed by atoms with van der Waals surface area (Å²) >= 11 is 2.93. The lowest BCUT2D eigenvalue weighted by molar-refractivity contribution is 0.0854. The van der Waals surface area contributed by atoms with Crippen molar-refractivity contribution in [1.82, 2.24) is 0 Å². The highest BCUT2D eigenvalue weighted by Gasteiger charge is 2.47. The van der Waals surface area contributed by atoms with E-state index in [0.29, 0.717) is 0 Å². The molecule has 0 nitrogen and oxygen atoms in total. The van der Waals surface area contributed by atoms with Gasteiger partial charge in [-0.2, -0.15) is 0 Å². The topological polar surface area (TPSA) is 0 Å². The van der Waals surface area contributed by atoms with E-state index in [9.17, 15) is 13.2 Å². The lowest BCUT2D eigenvalue weighted by Crippen LogP contribution is -2.33. The fourth-order valence-electron chi connectivity index (χ4n) is 1.64. The van der Waals surface area contributed by atoms with E-state index in [2.05, 4.69) is 15.9 Å². The summed E-state index contributed by atoms with van der Waals surface area (Å²) in [5.41, 5.74) is -2.73. The molecule has 0 aromatic heterocycles. The van der Waals surface area contributed by atoms with Crippen molar-refractivity contribution in [2.24, 2.45) is 0 Å². The minimum Gasteiger partial charge on any atom is -0.238 e. The van der Waals surface area contributed by atoms with Crippen molar-refractivity contribution in [3.63, 3.8) is 0 Å². The van der Waals surface area contributed by atoms with Gasteiger partial charge in [0.2, 0.25) is 5.67 Å². The maximum atomic E-state index is 14.4. The van der Waals surface area contributed by atoms with Crippen LogP contribution in [0.4, 0.5) is 13.2 Å². The standard InChI is InChI=1S/C12H8BrF3/c13-9-6-10(14)12(16,11(15)7-9)8-4-2-1-3-5-8/h1-7,10H. The van der Waals surface area contributed by atoms with Crippen LogP contribution in [-0.4, -0.2) is 6.17 Å². The molecule has 0 radical (unpaired) electrons. The van der Waals surface area contributed by atoms with Gasteiger partial charge in [-0.05, 0) is 17.7 Å². The Balaban J connectivity index is 2.51. The summed E-state index contributed by atoms with van der Waals surface area (Å²) in [6, 6.07) is 7.49. The molecule has 4 heteroatoms. The third kappa shape index (κ3) is 1.71. The van der Waals surface area contributed by atoms with Gasteiger partial charge < -0.3 is 0 Å². The number of halogens is 4. The van der Waals surface area contributed by atoms with Gasteiger partial charge >= 0.3 is 0 Å². The molecule has 0 saturated heterocycles. The average Bonchev–Trinajstić information content (AvgIpc) is 2.27. The normalized spacial score (nSPS) is 29.6. The number of rotatable bonds is 1. The van der Waals surface area contributed by atoms with Crippen molar-refractivity contribution in [2.75, 3.05) is 0 Å². The summed E-state index contributed by atoms with van der Waals surface area (Å²) in [7, 11) is 0. The van der Waals surface area contributed by atoms with Crippen molar-refractivity contribution >= 4 is 15.9 Å². The van der Waals surface area contributed by atoms with Crippen LogP contribution in [0.25, 0.3) is 0 Å². The molecule has 16 heavy (non-hydrogen) atoms. The summed E-state index contributed by atoms with van der Waals surface area (Å²) in [6.45, 7) is 0. The highest BCUT2D eigenvalue weighted by molar-refractivity contribution is 9.11. The molecule has 1 aliphatic carbocycles. The molecule has 0 heterocycles. The molecular formula is C12H8BrF3. The minimum atomic E-state index is -2.71. The van der Waals surface area contributed by atoms with Crippen molar-refractivity contribution in [3.05, 3.63) is 58.4 Å². The first-order chi connectivity index (χ1) is 7.55. The van der Waals surface area contributed by atoms with E-state index in [-0.39, 0.29) is 10.0 Å². The van der Waals surface area contributed by atoms with E-state index in [4.69, 9.17) is 0 Å². The van der Waals surface area contributed by atoms with Crippen molar-refractivity contribution in [2.45, 2.75) is 11.8 Å². The van der Waals surface area contributed by atoms with Gasteiger partial charge in [-0.15, -0.1) is 0 Å². The van der Waals surface area contributed by atoms with E-state index >= 15 is 0 Å². The fraction of sp³-hybridized carbons (Fsp3) is 0.167. The Labute approximate surface area is 99.6 Å². The SMILES string of the molecule is FC1=CC(Br)=CC(F)C1(F)c1ccccc1. The Morgan fingerprint density at radius 3 is 2.38 bits per heavy atom. The number of hydrogen-bond donors (Lipinski definition) is 0. The second kappa shape index (κ2) is 4.09. The first-order valence-corrected chi connectivity index (χ1v) is 5.48. The van der Waals surface area contributed by atoms with Gasteiger partial charge in [-0.25, -0.2) is 13.2 Å². The molecule has 84 valence electrons. The van der Waals surface area contributed by atoms with Gasteiger partial charge in [-0.3, -0.25) is 0 Å². The molecular weight excluding hydrogens is 281 g/mol. The Hall–Kier alpha value is -1.03. The van der Waals surface area contributed by atoms with Crippen LogP contribution >= 0.6 is 15.9 Å². The van der Waals surface area contributed by atoms with Crippen LogP contribution in [0.1, 0.15) is 5.56 Å². The highest BCUT2D eigenvalue weighted by atomic mass is 79.9. The monoisotopic (exact) mass is 288 g/mol. The predicted octanol–water partition coefficient (Wildman–Crippen LogP) is 4.34. The summed E-state index contributed by atoms with van der Waals surface area (Å²) in [5.74, 6) is -1.12. The van der Waals surface area contributed by atoms with Crippen LogP contribution in [0.15, 0.2) is 52.8 Å². The predicted molar refractivity (Wildman–Crippen MR) is 60.3 cm³/mol. The Bertz CT molecular complexity index is 453. The van der Waals surface area contributed by atoms with Crippen LogP contribution in [0.2, 0.25) is 0 Å². The Kier molecular flexibility index (Phi) is 2.93. The third-order valence-electron chi connectivity index (χ3n) is 2.49. The second-order valence-electron chi connectivity index (χ2n) is 3.52. The van der Waals surface area contributed by atoms with Crippen LogP contribution < -0.4 is 0 Å². The summed E-state index contributed by atoms with van der Waals surface area (Å²) in [5, 5.41) is 0. The zero-order valence-electron chi connectivity index (χ0n) is 8.13. The van der Waals surface area contributed by atoms with Crippen LogP contribution in [0.5, 0.6) is 0 Å². The molecule has 0 amide bonds. The van der Waals surface area contributed by atoms with E-state index in [0.717, 1.165) is 12.2 Å². The largest absolute Gasteiger partial charge is 0.238 e. The lowest BCUT2D eigenvalue weighted by Gasteiger charge is -2.28. The summed E-state index contributed by atoms with van der Waals surface area (Å²) in [4.78, 5) is 0.